The Morgan fingerprint density at radius 3 is 2.38 bits per heavy atom. The van der Waals surface area contributed by atoms with Crippen LogP contribution in [0.15, 0.2) is 53.0 Å². The monoisotopic (exact) mass is 384 g/mol. The number of pyridine rings is 1. The molecule has 0 aliphatic carbocycles. The van der Waals surface area contributed by atoms with Crippen LogP contribution in [0.5, 0.6) is 11.6 Å². The molecule has 0 atom stereocenters. The summed E-state index contributed by atoms with van der Waals surface area (Å²) < 4.78 is 7.30. The van der Waals surface area contributed by atoms with Gasteiger partial charge in [0, 0.05) is 6.20 Å². The van der Waals surface area contributed by atoms with Gasteiger partial charge in [-0.25, -0.2) is 0 Å². The smallest absolute Gasteiger partial charge is 0.269 e. The molecule has 0 amide bonds. The van der Waals surface area contributed by atoms with E-state index in [4.69, 9.17) is 15.3 Å². The van der Waals surface area contributed by atoms with Crippen LogP contribution in [0.1, 0.15) is 37.5 Å². The average Bonchev–Trinajstić information content (AvgIpc) is 2.68. The second-order valence-corrected chi connectivity index (χ2v) is 7.68. The Morgan fingerprint density at radius 1 is 1.14 bits per heavy atom. The lowest BCUT2D eigenvalue weighted by Gasteiger charge is -2.19. The summed E-state index contributed by atoms with van der Waals surface area (Å²) in [6, 6.07) is 14.7. The number of rotatable bonds is 3. The summed E-state index contributed by atoms with van der Waals surface area (Å²) in [6.45, 7) is 8.19. The van der Waals surface area contributed by atoms with E-state index in [2.05, 4.69) is 25.8 Å². The molecule has 0 bridgehead atoms. The van der Waals surface area contributed by atoms with E-state index in [1.165, 1.54) is 10.5 Å². The zero-order valence-electron chi connectivity index (χ0n) is 16.7. The van der Waals surface area contributed by atoms with Gasteiger partial charge in [0.2, 0.25) is 5.88 Å². The van der Waals surface area contributed by atoms with Crippen LogP contribution in [0.4, 0.5) is 0 Å². The minimum absolute atomic E-state index is 0.00192. The Morgan fingerprint density at radius 2 is 1.79 bits per heavy atom. The van der Waals surface area contributed by atoms with Gasteiger partial charge < -0.3 is 4.74 Å². The van der Waals surface area contributed by atoms with Crippen LogP contribution in [-0.2, 0) is 5.41 Å². The summed E-state index contributed by atoms with van der Waals surface area (Å²) in [6.07, 6.45) is 2.80. The Hall–Kier alpha value is -3.90. The fourth-order valence-corrected chi connectivity index (χ4v) is 2.86. The molecule has 0 aliphatic heterocycles. The van der Waals surface area contributed by atoms with Crippen molar-refractivity contribution in [3.8, 4) is 23.8 Å². The molecule has 3 aromatic rings. The van der Waals surface area contributed by atoms with E-state index in [1.54, 1.807) is 24.4 Å². The molecule has 0 N–H and O–H groups in total. The zero-order valence-corrected chi connectivity index (χ0v) is 16.7. The maximum atomic E-state index is 13.0. The second kappa shape index (κ2) is 7.61. The summed E-state index contributed by atoms with van der Waals surface area (Å²) in [5.41, 5.74) is 1.82. The van der Waals surface area contributed by atoms with Crippen molar-refractivity contribution >= 4 is 11.7 Å². The van der Waals surface area contributed by atoms with Crippen molar-refractivity contribution in [2.75, 3.05) is 0 Å². The molecule has 2 heterocycles. The number of nitrogens with zero attached hydrogens (tertiary/aromatic N) is 4. The number of allylic oxidation sites excluding steroid dienone is 1. The summed E-state index contributed by atoms with van der Waals surface area (Å²) in [4.78, 5) is 17.5. The highest BCUT2D eigenvalue weighted by molar-refractivity contribution is 5.66. The predicted octanol–water partition coefficient (Wildman–Crippen LogP) is 4.52. The molecule has 0 fully saturated rings. The maximum Gasteiger partial charge on any atom is 0.269 e. The Kier molecular flexibility index (Phi) is 5.21. The van der Waals surface area contributed by atoms with E-state index in [0.29, 0.717) is 11.4 Å². The summed E-state index contributed by atoms with van der Waals surface area (Å²) in [5, 5.41) is 18.2. The van der Waals surface area contributed by atoms with Gasteiger partial charge in [0.05, 0.1) is 0 Å². The Balaban J connectivity index is 2.19. The van der Waals surface area contributed by atoms with Gasteiger partial charge in [-0.1, -0.05) is 39.0 Å². The van der Waals surface area contributed by atoms with Gasteiger partial charge in [0.1, 0.15) is 34.7 Å². The number of aryl methyl sites for hydroxylation is 1. The number of hydrogen-bond donors (Lipinski definition) is 0. The largest absolute Gasteiger partial charge is 0.438 e. The highest BCUT2D eigenvalue weighted by atomic mass is 16.5. The quantitative estimate of drug-likeness (QED) is 0.619. The number of nitriles is 2. The van der Waals surface area contributed by atoms with Crippen LogP contribution >= 0.6 is 0 Å². The van der Waals surface area contributed by atoms with Gasteiger partial charge in [-0.15, -0.1) is 0 Å². The molecule has 1 aromatic carbocycles. The molecular formula is C23H20N4O2. The Bertz CT molecular complexity index is 1230. The van der Waals surface area contributed by atoms with Gasteiger partial charge in [0.25, 0.3) is 5.56 Å². The molecule has 6 nitrogen and oxygen atoms in total. The first-order valence-electron chi connectivity index (χ1n) is 9.07. The molecule has 0 radical (unpaired) electrons. The number of benzene rings is 1. The van der Waals surface area contributed by atoms with Crippen LogP contribution in [0.2, 0.25) is 0 Å². The third kappa shape index (κ3) is 4.02. The van der Waals surface area contributed by atoms with E-state index >= 15 is 0 Å². The van der Waals surface area contributed by atoms with Crippen LogP contribution in [0.3, 0.4) is 0 Å². The number of aromatic nitrogens is 2. The first-order chi connectivity index (χ1) is 13.7. The molecule has 3 rings (SSSR count). The molecule has 6 heteroatoms. The third-order valence-electron chi connectivity index (χ3n) is 4.51. The summed E-state index contributed by atoms with van der Waals surface area (Å²) in [5.74, 6) is 0.559. The maximum absolute atomic E-state index is 13.0. The minimum Gasteiger partial charge on any atom is -0.438 e. The van der Waals surface area contributed by atoms with Crippen molar-refractivity contribution in [3.05, 3.63) is 75.2 Å². The second-order valence-electron chi connectivity index (χ2n) is 7.68. The van der Waals surface area contributed by atoms with E-state index in [9.17, 15) is 4.79 Å². The normalized spacial score (nSPS) is 10.8. The predicted molar refractivity (Wildman–Crippen MR) is 111 cm³/mol. The van der Waals surface area contributed by atoms with Gasteiger partial charge in [0.15, 0.2) is 0 Å². The van der Waals surface area contributed by atoms with E-state index in [1.807, 2.05) is 37.3 Å². The van der Waals surface area contributed by atoms with Crippen LogP contribution in [-0.4, -0.2) is 9.38 Å². The fraction of sp³-hybridized carbons (Fsp3) is 0.217. The molecule has 0 spiro atoms. The first-order valence-corrected chi connectivity index (χ1v) is 9.07. The molecule has 29 heavy (non-hydrogen) atoms. The standard InChI is InChI=1S/C23H20N4O2/c1-15-6-5-11-27-20(15)26-21(19(22(27)28)12-16(13-24)14-25)29-18-9-7-17(8-10-18)23(2,3)4/h5-12H,1-4H3. The summed E-state index contributed by atoms with van der Waals surface area (Å²) in [7, 11) is 0. The zero-order chi connectivity index (χ0) is 21.2. The lowest BCUT2D eigenvalue weighted by molar-refractivity contribution is 0.460. The molecule has 0 saturated carbocycles. The van der Waals surface area contributed by atoms with Crippen molar-refractivity contribution in [1.29, 1.82) is 10.5 Å². The van der Waals surface area contributed by atoms with E-state index in [0.717, 1.165) is 11.1 Å². The fourth-order valence-electron chi connectivity index (χ4n) is 2.86. The van der Waals surface area contributed by atoms with Gasteiger partial charge >= 0.3 is 0 Å². The molecule has 0 unspecified atom stereocenters. The topological polar surface area (TPSA) is 91.2 Å². The Labute approximate surface area is 168 Å². The van der Waals surface area contributed by atoms with Gasteiger partial charge in [-0.2, -0.15) is 15.5 Å². The number of fused-ring (bicyclic) bond motifs is 1. The van der Waals surface area contributed by atoms with Crippen molar-refractivity contribution in [2.24, 2.45) is 0 Å². The molecule has 144 valence electrons. The van der Waals surface area contributed by atoms with E-state index < -0.39 is 5.56 Å². The third-order valence-corrected chi connectivity index (χ3v) is 4.51. The minimum atomic E-state index is -0.414. The lowest BCUT2D eigenvalue weighted by Crippen LogP contribution is -2.19. The molecule has 0 saturated heterocycles. The molecule has 0 aliphatic rings. The van der Waals surface area contributed by atoms with Crippen LogP contribution < -0.4 is 10.3 Å². The highest BCUT2D eigenvalue weighted by Gasteiger charge is 2.17. The van der Waals surface area contributed by atoms with Gasteiger partial charge in [-0.3, -0.25) is 9.20 Å². The van der Waals surface area contributed by atoms with Crippen molar-refractivity contribution in [3.63, 3.8) is 0 Å². The van der Waals surface area contributed by atoms with E-state index in [-0.39, 0.29) is 22.4 Å². The number of ether oxygens (including phenoxy) is 1. The van der Waals surface area contributed by atoms with Crippen molar-refractivity contribution in [1.82, 2.24) is 9.38 Å². The highest BCUT2D eigenvalue weighted by Crippen LogP contribution is 2.28. The van der Waals surface area contributed by atoms with Crippen LogP contribution in [0.25, 0.3) is 11.7 Å². The van der Waals surface area contributed by atoms with Crippen LogP contribution in [0, 0.1) is 29.6 Å². The summed E-state index contributed by atoms with van der Waals surface area (Å²) >= 11 is 0. The molecular weight excluding hydrogens is 364 g/mol. The van der Waals surface area contributed by atoms with Crippen molar-refractivity contribution < 1.29 is 4.74 Å². The molecule has 2 aromatic heterocycles. The average molecular weight is 384 g/mol. The number of hydrogen-bond acceptors (Lipinski definition) is 5. The lowest BCUT2D eigenvalue weighted by atomic mass is 9.87. The van der Waals surface area contributed by atoms with Crippen molar-refractivity contribution in [2.45, 2.75) is 33.1 Å². The SMILES string of the molecule is Cc1cccn2c(=O)c(C=C(C#N)C#N)c(Oc3ccc(C(C)(C)C)cc3)nc12. The van der Waals surface area contributed by atoms with Gasteiger partial charge in [-0.05, 0) is 47.7 Å². The first kappa shape index (κ1) is 19.9.